The lowest BCUT2D eigenvalue weighted by molar-refractivity contribution is -0.139. The van der Waals surface area contributed by atoms with E-state index in [4.69, 9.17) is 0 Å². The van der Waals surface area contributed by atoms with Crippen LogP contribution in [0.1, 0.15) is 19.8 Å². The lowest BCUT2D eigenvalue weighted by Gasteiger charge is -2.38. The second-order valence-corrected chi connectivity index (χ2v) is 8.60. The molecular formula is C17H25ClFN3O3S. The van der Waals surface area contributed by atoms with Gasteiger partial charge in [-0.05, 0) is 31.9 Å². The number of rotatable bonds is 3. The molecule has 0 saturated carbocycles. The molecule has 2 aliphatic heterocycles. The zero-order valence-electron chi connectivity index (χ0n) is 14.7. The molecule has 0 bridgehead atoms. The predicted octanol–water partition coefficient (Wildman–Crippen LogP) is 1.47. The molecule has 1 aromatic carbocycles. The number of piperidine rings is 1. The third-order valence-electron chi connectivity index (χ3n) is 5.04. The summed E-state index contributed by atoms with van der Waals surface area (Å²) in [5.41, 5.74) is 0. The van der Waals surface area contributed by atoms with Crippen molar-refractivity contribution in [2.45, 2.75) is 30.7 Å². The number of halogens is 2. The number of piperazine rings is 1. The molecule has 0 radical (unpaired) electrons. The second kappa shape index (κ2) is 8.65. The Balaban J connectivity index is 0.00000243. The van der Waals surface area contributed by atoms with Gasteiger partial charge in [0.05, 0.1) is 0 Å². The van der Waals surface area contributed by atoms with E-state index in [1.54, 1.807) is 0 Å². The smallest absolute Gasteiger partial charge is 0.245 e. The van der Waals surface area contributed by atoms with Gasteiger partial charge in [0.1, 0.15) is 10.7 Å². The van der Waals surface area contributed by atoms with Crippen LogP contribution in [0.15, 0.2) is 29.2 Å². The van der Waals surface area contributed by atoms with Gasteiger partial charge in [0.15, 0.2) is 0 Å². The van der Waals surface area contributed by atoms with E-state index < -0.39 is 15.8 Å². The number of hydrogen-bond acceptors (Lipinski definition) is 4. The van der Waals surface area contributed by atoms with Gasteiger partial charge in [-0.2, -0.15) is 4.31 Å². The molecule has 0 spiro atoms. The number of benzene rings is 1. The number of nitrogens with one attached hydrogen (secondary N) is 1. The van der Waals surface area contributed by atoms with Crippen molar-refractivity contribution in [3.63, 3.8) is 0 Å². The van der Waals surface area contributed by atoms with Gasteiger partial charge in [-0.25, -0.2) is 12.8 Å². The molecule has 2 heterocycles. The fraction of sp³-hybridized carbons (Fsp3) is 0.588. The summed E-state index contributed by atoms with van der Waals surface area (Å²) < 4.78 is 40.4. The first-order valence-corrected chi connectivity index (χ1v) is 10.1. The van der Waals surface area contributed by atoms with E-state index in [1.807, 2.05) is 11.8 Å². The molecule has 1 amide bonds. The minimum Gasteiger partial charge on any atom is -0.337 e. The largest absolute Gasteiger partial charge is 0.337 e. The van der Waals surface area contributed by atoms with E-state index in [0.717, 1.165) is 19.2 Å². The van der Waals surface area contributed by atoms with Crippen molar-refractivity contribution in [2.24, 2.45) is 5.92 Å². The molecule has 0 aliphatic carbocycles. The second-order valence-electron chi connectivity index (χ2n) is 6.69. The molecule has 2 fully saturated rings. The van der Waals surface area contributed by atoms with E-state index in [0.29, 0.717) is 19.4 Å². The van der Waals surface area contributed by atoms with Crippen LogP contribution < -0.4 is 5.32 Å². The van der Waals surface area contributed by atoms with Gasteiger partial charge in [0.2, 0.25) is 15.9 Å². The van der Waals surface area contributed by atoms with Crippen LogP contribution in [0.4, 0.5) is 4.39 Å². The van der Waals surface area contributed by atoms with Crippen LogP contribution in [0.25, 0.3) is 0 Å². The van der Waals surface area contributed by atoms with E-state index in [2.05, 4.69) is 5.32 Å². The summed E-state index contributed by atoms with van der Waals surface area (Å²) >= 11 is 0. The molecule has 1 unspecified atom stereocenters. The van der Waals surface area contributed by atoms with Crippen molar-refractivity contribution in [2.75, 3.05) is 32.7 Å². The maximum absolute atomic E-state index is 13.9. The van der Waals surface area contributed by atoms with E-state index >= 15 is 0 Å². The lowest BCUT2D eigenvalue weighted by atomic mass is 9.95. The van der Waals surface area contributed by atoms with Crippen LogP contribution in [0.5, 0.6) is 0 Å². The highest BCUT2D eigenvalue weighted by molar-refractivity contribution is 7.89. The van der Waals surface area contributed by atoms with Crippen LogP contribution in [0.3, 0.4) is 0 Å². The zero-order valence-corrected chi connectivity index (χ0v) is 16.4. The Morgan fingerprint density at radius 1 is 1.19 bits per heavy atom. The summed E-state index contributed by atoms with van der Waals surface area (Å²) in [6.07, 6.45) is 0.951. The number of carbonyl (C=O) groups excluding carboxylic acids is 1. The molecule has 146 valence electrons. The van der Waals surface area contributed by atoms with Gasteiger partial charge in [-0.1, -0.05) is 12.1 Å². The van der Waals surface area contributed by atoms with Crippen LogP contribution in [0.2, 0.25) is 0 Å². The Morgan fingerprint density at radius 3 is 2.46 bits per heavy atom. The number of sulfonamides is 1. The van der Waals surface area contributed by atoms with Crippen molar-refractivity contribution in [1.29, 1.82) is 0 Å². The Kier molecular flexibility index (Phi) is 7.01. The molecule has 2 saturated heterocycles. The highest BCUT2D eigenvalue weighted by Crippen LogP contribution is 2.27. The van der Waals surface area contributed by atoms with E-state index in [9.17, 15) is 17.6 Å². The first kappa shape index (κ1) is 21.1. The monoisotopic (exact) mass is 405 g/mol. The highest BCUT2D eigenvalue weighted by atomic mass is 35.5. The summed E-state index contributed by atoms with van der Waals surface area (Å²) in [4.78, 5) is 14.3. The Morgan fingerprint density at radius 2 is 1.85 bits per heavy atom. The van der Waals surface area contributed by atoms with Crippen molar-refractivity contribution in [3.8, 4) is 0 Å². The SMILES string of the molecule is CC1CNCCN1C(=O)C1CCN(S(=O)(=O)c2ccccc2F)CC1.Cl. The molecular weight excluding hydrogens is 381 g/mol. The zero-order chi connectivity index (χ0) is 18.0. The van der Waals surface area contributed by atoms with Crippen molar-refractivity contribution in [1.82, 2.24) is 14.5 Å². The first-order valence-electron chi connectivity index (χ1n) is 8.67. The molecule has 6 nitrogen and oxygen atoms in total. The van der Waals surface area contributed by atoms with E-state index in [1.165, 1.54) is 22.5 Å². The van der Waals surface area contributed by atoms with Gasteiger partial charge >= 0.3 is 0 Å². The molecule has 9 heteroatoms. The molecule has 3 rings (SSSR count). The Bertz CT molecular complexity index is 739. The van der Waals surface area contributed by atoms with Crippen molar-refractivity contribution < 1.29 is 17.6 Å². The van der Waals surface area contributed by atoms with Crippen molar-refractivity contribution in [3.05, 3.63) is 30.1 Å². The van der Waals surface area contributed by atoms with Gasteiger partial charge in [-0.15, -0.1) is 12.4 Å². The molecule has 1 atom stereocenters. The highest BCUT2D eigenvalue weighted by Gasteiger charge is 2.36. The fourth-order valence-corrected chi connectivity index (χ4v) is 5.07. The van der Waals surface area contributed by atoms with Gasteiger partial charge in [-0.3, -0.25) is 4.79 Å². The average Bonchev–Trinajstić information content (AvgIpc) is 2.62. The topological polar surface area (TPSA) is 69.7 Å². The first-order chi connectivity index (χ1) is 11.9. The minimum absolute atomic E-state index is 0. The molecule has 1 aromatic rings. The maximum Gasteiger partial charge on any atom is 0.245 e. The summed E-state index contributed by atoms with van der Waals surface area (Å²) in [6.45, 7) is 4.76. The molecule has 26 heavy (non-hydrogen) atoms. The molecule has 2 aliphatic rings. The standard InChI is InChI=1S/C17H24FN3O3S.ClH/c1-13-12-19-8-11-21(13)17(22)14-6-9-20(10-7-14)25(23,24)16-5-3-2-4-15(16)18;/h2-5,13-14,19H,6-12H2,1H3;1H. The quantitative estimate of drug-likeness (QED) is 0.826. The molecule has 1 N–H and O–H groups in total. The van der Waals surface area contributed by atoms with Gasteiger partial charge < -0.3 is 10.2 Å². The van der Waals surface area contributed by atoms with Gasteiger partial charge in [0.25, 0.3) is 0 Å². The normalized spacial score (nSPS) is 22.7. The third-order valence-corrected chi connectivity index (χ3v) is 6.97. The number of hydrogen-bond donors (Lipinski definition) is 1. The maximum atomic E-state index is 13.9. The van der Waals surface area contributed by atoms with Crippen molar-refractivity contribution >= 4 is 28.3 Å². The minimum atomic E-state index is -3.85. The fourth-order valence-electron chi connectivity index (χ4n) is 3.54. The predicted molar refractivity (Wildman–Crippen MR) is 99.2 cm³/mol. The number of amides is 1. The Hall–Kier alpha value is -1.22. The van der Waals surface area contributed by atoms with Gasteiger partial charge in [0, 0.05) is 44.7 Å². The summed E-state index contributed by atoms with van der Waals surface area (Å²) in [5.74, 6) is -0.792. The lowest BCUT2D eigenvalue weighted by Crippen LogP contribution is -2.55. The Labute approximate surface area is 160 Å². The summed E-state index contributed by atoms with van der Waals surface area (Å²) in [7, 11) is -3.85. The average molecular weight is 406 g/mol. The van der Waals surface area contributed by atoms with E-state index in [-0.39, 0.29) is 48.3 Å². The van der Waals surface area contributed by atoms with Crippen LogP contribution >= 0.6 is 12.4 Å². The number of nitrogens with zero attached hydrogens (tertiary/aromatic N) is 2. The third kappa shape index (κ3) is 4.19. The van der Waals surface area contributed by atoms with Crippen LogP contribution in [-0.2, 0) is 14.8 Å². The molecule has 0 aromatic heterocycles. The van der Waals surface area contributed by atoms with Crippen LogP contribution in [0, 0.1) is 11.7 Å². The van der Waals surface area contributed by atoms with Crippen LogP contribution in [-0.4, -0.2) is 62.3 Å². The number of carbonyl (C=O) groups is 1. The summed E-state index contributed by atoms with van der Waals surface area (Å²) in [6, 6.07) is 5.56. The summed E-state index contributed by atoms with van der Waals surface area (Å²) in [5, 5.41) is 3.26.